The summed E-state index contributed by atoms with van der Waals surface area (Å²) in [6, 6.07) is 13.9. The summed E-state index contributed by atoms with van der Waals surface area (Å²) in [4.78, 5) is 13.5. The third-order valence-electron chi connectivity index (χ3n) is 4.30. The number of benzene rings is 1. The van der Waals surface area contributed by atoms with Crippen LogP contribution in [0.3, 0.4) is 0 Å². The fraction of sp³-hybridized carbons (Fsp3) is 0.200. The molecule has 5 nitrogen and oxygen atoms in total. The molecule has 0 unspecified atom stereocenters. The van der Waals surface area contributed by atoms with Gasteiger partial charge in [0.2, 0.25) is 0 Å². The number of aryl methyl sites for hydroxylation is 3. The van der Waals surface area contributed by atoms with E-state index in [2.05, 4.69) is 27.4 Å². The Bertz CT molecular complexity index is 1130. The molecule has 0 radical (unpaired) electrons. The number of ketones is 1. The first-order valence-corrected chi connectivity index (χ1v) is 10.3. The fourth-order valence-electron chi connectivity index (χ4n) is 3.01. The summed E-state index contributed by atoms with van der Waals surface area (Å²) in [5, 5.41) is 14.8. The molecule has 0 aliphatic rings. The zero-order valence-electron chi connectivity index (χ0n) is 15.3. The summed E-state index contributed by atoms with van der Waals surface area (Å²) in [6.45, 7) is 5.94. The summed E-state index contributed by atoms with van der Waals surface area (Å²) < 4.78 is 2.92. The highest BCUT2D eigenvalue weighted by atomic mass is 32.2. The Morgan fingerprint density at radius 3 is 2.59 bits per heavy atom. The van der Waals surface area contributed by atoms with Crippen molar-refractivity contribution in [1.29, 1.82) is 0 Å². The number of rotatable bonds is 5. The molecule has 0 spiro atoms. The fourth-order valence-corrected chi connectivity index (χ4v) is 4.93. The molecule has 0 saturated heterocycles. The average molecular weight is 395 g/mol. The maximum atomic E-state index is 12.7. The Kier molecular flexibility index (Phi) is 4.80. The van der Waals surface area contributed by atoms with E-state index in [-0.39, 0.29) is 5.78 Å². The van der Waals surface area contributed by atoms with E-state index < -0.39 is 0 Å². The summed E-state index contributed by atoms with van der Waals surface area (Å²) in [6.07, 6.45) is 0. The van der Waals surface area contributed by atoms with E-state index >= 15 is 0 Å². The zero-order chi connectivity index (χ0) is 19.0. The molecule has 0 bridgehead atoms. The molecule has 136 valence electrons. The van der Waals surface area contributed by atoms with E-state index in [0.717, 1.165) is 36.9 Å². The number of fused-ring (bicyclic) bond motifs is 1. The van der Waals surface area contributed by atoms with E-state index in [0.29, 0.717) is 11.6 Å². The van der Waals surface area contributed by atoms with E-state index in [1.165, 1.54) is 11.8 Å². The van der Waals surface area contributed by atoms with Crippen molar-refractivity contribution in [2.75, 3.05) is 5.75 Å². The maximum absolute atomic E-state index is 12.7. The normalized spacial score (nSPS) is 11.2. The minimum Gasteiger partial charge on any atom is -0.292 e. The Labute approximate surface area is 165 Å². The number of thioether (sulfide) groups is 1. The number of thiophene rings is 1. The Morgan fingerprint density at radius 1 is 1.11 bits per heavy atom. The molecule has 27 heavy (non-hydrogen) atoms. The smallest absolute Gasteiger partial charge is 0.183 e. The minimum absolute atomic E-state index is 0.128. The van der Waals surface area contributed by atoms with Gasteiger partial charge in [-0.25, -0.2) is 4.68 Å². The van der Waals surface area contributed by atoms with Crippen LogP contribution in [0.2, 0.25) is 0 Å². The van der Waals surface area contributed by atoms with Gasteiger partial charge in [-0.3, -0.25) is 4.79 Å². The Balaban J connectivity index is 1.47. The standard InChI is InChI=1S/C20H18N4OS2/c1-12-10-13(2)24(23-12)18-8-9-19(22-21-18)26-11-16(25)20-14(3)15-6-4-5-7-17(15)27-20/h4-10H,11H2,1-3H3. The van der Waals surface area contributed by atoms with Gasteiger partial charge in [-0.05, 0) is 56.0 Å². The number of Topliss-reactive ketones (excluding diaryl/α,β-unsaturated/α-hetero) is 1. The highest BCUT2D eigenvalue weighted by molar-refractivity contribution is 8.00. The number of carbonyl (C=O) groups is 1. The first kappa shape index (κ1) is 17.9. The molecule has 0 fully saturated rings. The van der Waals surface area contributed by atoms with E-state index in [1.54, 1.807) is 16.0 Å². The molecule has 7 heteroatoms. The lowest BCUT2D eigenvalue weighted by Gasteiger charge is -2.04. The van der Waals surface area contributed by atoms with Crippen LogP contribution in [0.25, 0.3) is 15.9 Å². The van der Waals surface area contributed by atoms with Gasteiger partial charge in [-0.1, -0.05) is 30.0 Å². The molecule has 4 aromatic rings. The van der Waals surface area contributed by atoms with Crippen LogP contribution in [0, 0.1) is 20.8 Å². The topological polar surface area (TPSA) is 60.7 Å². The van der Waals surface area contributed by atoms with Gasteiger partial charge in [0, 0.05) is 10.4 Å². The molecule has 0 amide bonds. The lowest BCUT2D eigenvalue weighted by molar-refractivity contribution is 0.102. The SMILES string of the molecule is Cc1cc(C)n(-c2ccc(SCC(=O)c3sc4ccccc4c3C)nn2)n1. The van der Waals surface area contributed by atoms with Gasteiger partial charge in [0.15, 0.2) is 11.6 Å². The predicted octanol–water partition coefficient (Wildman–Crippen LogP) is 4.78. The number of hydrogen-bond donors (Lipinski definition) is 0. The van der Waals surface area contributed by atoms with E-state index in [4.69, 9.17) is 0 Å². The number of aromatic nitrogens is 4. The second kappa shape index (κ2) is 7.25. The van der Waals surface area contributed by atoms with Crippen molar-refractivity contribution in [2.24, 2.45) is 0 Å². The van der Waals surface area contributed by atoms with Gasteiger partial charge in [0.05, 0.1) is 16.3 Å². The van der Waals surface area contributed by atoms with E-state index in [9.17, 15) is 4.79 Å². The molecule has 4 rings (SSSR count). The second-order valence-corrected chi connectivity index (χ2v) is 8.38. The molecule has 0 atom stereocenters. The van der Waals surface area contributed by atoms with Crippen LogP contribution in [-0.4, -0.2) is 31.5 Å². The van der Waals surface area contributed by atoms with Crippen molar-refractivity contribution in [3.8, 4) is 5.82 Å². The first-order chi connectivity index (χ1) is 13.0. The highest BCUT2D eigenvalue weighted by Gasteiger charge is 2.16. The van der Waals surface area contributed by atoms with Crippen molar-refractivity contribution < 1.29 is 4.79 Å². The first-order valence-electron chi connectivity index (χ1n) is 8.54. The van der Waals surface area contributed by atoms with Crippen molar-refractivity contribution in [1.82, 2.24) is 20.0 Å². The Hall–Kier alpha value is -2.51. The van der Waals surface area contributed by atoms with E-state index in [1.807, 2.05) is 51.1 Å². The summed E-state index contributed by atoms with van der Waals surface area (Å²) in [5.74, 6) is 1.15. The predicted molar refractivity (Wildman–Crippen MR) is 110 cm³/mol. The molecule has 3 aromatic heterocycles. The third-order valence-corrected chi connectivity index (χ3v) is 6.53. The van der Waals surface area contributed by atoms with Crippen molar-refractivity contribution in [3.63, 3.8) is 0 Å². The van der Waals surface area contributed by atoms with Crippen LogP contribution >= 0.6 is 23.1 Å². The highest BCUT2D eigenvalue weighted by Crippen LogP contribution is 2.32. The molecule has 0 aliphatic heterocycles. The second-order valence-electron chi connectivity index (χ2n) is 6.33. The van der Waals surface area contributed by atoms with Crippen molar-refractivity contribution in [3.05, 3.63) is 64.3 Å². The Morgan fingerprint density at radius 2 is 1.93 bits per heavy atom. The third kappa shape index (κ3) is 3.52. The van der Waals surface area contributed by atoms with Crippen LogP contribution < -0.4 is 0 Å². The summed E-state index contributed by atoms with van der Waals surface area (Å²) in [7, 11) is 0. The van der Waals surface area contributed by atoms with Gasteiger partial charge in [0.1, 0.15) is 5.03 Å². The van der Waals surface area contributed by atoms with Crippen LogP contribution in [0.1, 0.15) is 26.6 Å². The lowest BCUT2D eigenvalue weighted by Crippen LogP contribution is -2.05. The minimum atomic E-state index is 0.128. The van der Waals surface area contributed by atoms with Gasteiger partial charge in [0.25, 0.3) is 0 Å². The number of carbonyl (C=O) groups excluding carboxylic acids is 1. The van der Waals surface area contributed by atoms with Crippen LogP contribution in [0.5, 0.6) is 0 Å². The maximum Gasteiger partial charge on any atom is 0.183 e. The zero-order valence-corrected chi connectivity index (χ0v) is 16.9. The number of nitrogens with zero attached hydrogens (tertiary/aromatic N) is 4. The number of hydrogen-bond acceptors (Lipinski definition) is 6. The van der Waals surface area contributed by atoms with Gasteiger partial charge in [-0.15, -0.1) is 21.5 Å². The lowest BCUT2D eigenvalue weighted by atomic mass is 10.1. The monoisotopic (exact) mass is 394 g/mol. The van der Waals surface area contributed by atoms with Gasteiger partial charge >= 0.3 is 0 Å². The summed E-state index contributed by atoms with van der Waals surface area (Å²) >= 11 is 2.97. The largest absolute Gasteiger partial charge is 0.292 e. The molecular weight excluding hydrogens is 376 g/mol. The van der Waals surface area contributed by atoms with Crippen LogP contribution in [0.15, 0.2) is 47.5 Å². The van der Waals surface area contributed by atoms with Crippen LogP contribution in [-0.2, 0) is 0 Å². The molecular formula is C20H18N4OS2. The quantitative estimate of drug-likeness (QED) is 0.360. The van der Waals surface area contributed by atoms with Crippen molar-refractivity contribution >= 4 is 39.0 Å². The molecule has 0 aliphatic carbocycles. The summed E-state index contributed by atoms with van der Waals surface area (Å²) in [5.41, 5.74) is 3.02. The van der Waals surface area contributed by atoms with Crippen LogP contribution in [0.4, 0.5) is 0 Å². The molecule has 3 heterocycles. The van der Waals surface area contributed by atoms with Crippen molar-refractivity contribution in [2.45, 2.75) is 25.8 Å². The molecule has 0 N–H and O–H groups in total. The molecule has 0 saturated carbocycles. The average Bonchev–Trinajstić information content (AvgIpc) is 3.19. The van der Waals surface area contributed by atoms with Gasteiger partial charge < -0.3 is 0 Å². The van der Waals surface area contributed by atoms with Gasteiger partial charge in [-0.2, -0.15) is 5.10 Å². The molecule has 1 aromatic carbocycles.